The van der Waals surface area contributed by atoms with Crippen LogP contribution < -0.4 is 10.1 Å². The Labute approximate surface area is 126 Å². The van der Waals surface area contributed by atoms with Crippen LogP contribution in [0.15, 0.2) is 24.3 Å². The molecule has 2 rings (SSSR count). The second-order valence-electron chi connectivity index (χ2n) is 5.54. The van der Waals surface area contributed by atoms with E-state index in [2.05, 4.69) is 48.4 Å². The molecule has 1 aromatic heterocycles. The molecule has 0 amide bonds. The molecule has 4 nitrogen and oxygen atoms in total. The van der Waals surface area contributed by atoms with Crippen LogP contribution in [0.3, 0.4) is 0 Å². The number of nitrogens with one attached hydrogen (secondary N) is 2. The van der Waals surface area contributed by atoms with Crippen molar-refractivity contribution in [3.05, 3.63) is 46.8 Å². The van der Waals surface area contributed by atoms with Crippen molar-refractivity contribution in [2.45, 2.75) is 46.8 Å². The fourth-order valence-electron chi connectivity index (χ4n) is 2.34. The summed E-state index contributed by atoms with van der Waals surface area (Å²) in [5.41, 5.74) is 4.52. The lowest BCUT2D eigenvalue weighted by atomic mass is 10.0. The zero-order valence-electron chi connectivity index (χ0n) is 13.4. The van der Waals surface area contributed by atoms with Gasteiger partial charge in [-0.2, -0.15) is 5.10 Å². The molecule has 0 saturated carbocycles. The Hall–Kier alpha value is -1.81. The zero-order valence-corrected chi connectivity index (χ0v) is 13.4. The zero-order chi connectivity index (χ0) is 15.2. The Bertz CT molecular complexity index is 575. The van der Waals surface area contributed by atoms with Crippen LogP contribution in [0.4, 0.5) is 0 Å². The molecule has 0 spiro atoms. The SMILES string of the molecule is CCNCc1c(COc2ccccc2C(C)C)n[nH]c1C. The van der Waals surface area contributed by atoms with E-state index in [0.29, 0.717) is 12.5 Å². The molecule has 4 heteroatoms. The molecule has 1 heterocycles. The highest BCUT2D eigenvalue weighted by atomic mass is 16.5. The van der Waals surface area contributed by atoms with Crippen LogP contribution in [-0.4, -0.2) is 16.7 Å². The van der Waals surface area contributed by atoms with Gasteiger partial charge in [0.05, 0.1) is 0 Å². The van der Waals surface area contributed by atoms with Gasteiger partial charge < -0.3 is 10.1 Å². The van der Waals surface area contributed by atoms with Crippen molar-refractivity contribution in [1.82, 2.24) is 15.5 Å². The first-order valence-electron chi connectivity index (χ1n) is 7.58. The van der Waals surface area contributed by atoms with Crippen molar-refractivity contribution in [2.75, 3.05) is 6.54 Å². The van der Waals surface area contributed by atoms with Gasteiger partial charge in [0.1, 0.15) is 18.1 Å². The normalized spacial score (nSPS) is 11.1. The monoisotopic (exact) mass is 287 g/mol. The Kier molecular flexibility index (Phi) is 5.39. The van der Waals surface area contributed by atoms with E-state index in [1.165, 1.54) is 11.1 Å². The van der Waals surface area contributed by atoms with E-state index < -0.39 is 0 Å². The van der Waals surface area contributed by atoms with Gasteiger partial charge in [-0.15, -0.1) is 0 Å². The van der Waals surface area contributed by atoms with Gasteiger partial charge in [0, 0.05) is 17.8 Å². The highest BCUT2D eigenvalue weighted by Crippen LogP contribution is 2.26. The number of hydrogen-bond acceptors (Lipinski definition) is 3. The smallest absolute Gasteiger partial charge is 0.132 e. The predicted molar refractivity (Wildman–Crippen MR) is 85.6 cm³/mol. The van der Waals surface area contributed by atoms with E-state index in [9.17, 15) is 0 Å². The molecular weight excluding hydrogens is 262 g/mol. The third kappa shape index (κ3) is 3.85. The highest BCUT2D eigenvalue weighted by Gasteiger charge is 2.12. The van der Waals surface area contributed by atoms with Crippen LogP contribution in [0.2, 0.25) is 0 Å². The van der Waals surface area contributed by atoms with Gasteiger partial charge in [0.2, 0.25) is 0 Å². The molecule has 0 aliphatic heterocycles. The maximum atomic E-state index is 6.01. The Morgan fingerprint density at radius 1 is 1.29 bits per heavy atom. The summed E-state index contributed by atoms with van der Waals surface area (Å²) in [6, 6.07) is 8.21. The number of para-hydroxylation sites is 1. The van der Waals surface area contributed by atoms with E-state index in [0.717, 1.165) is 30.2 Å². The van der Waals surface area contributed by atoms with Crippen LogP contribution in [0.5, 0.6) is 5.75 Å². The standard InChI is InChI=1S/C17H25N3O/c1-5-18-10-15-13(4)19-20-16(15)11-21-17-9-7-6-8-14(17)12(2)3/h6-9,12,18H,5,10-11H2,1-4H3,(H,19,20). The van der Waals surface area contributed by atoms with Crippen molar-refractivity contribution in [3.8, 4) is 5.75 Å². The lowest BCUT2D eigenvalue weighted by Crippen LogP contribution is -2.14. The van der Waals surface area contributed by atoms with Gasteiger partial charge in [0.15, 0.2) is 0 Å². The van der Waals surface area contributed by atoms with Crippen LogP contribution >= 0.6 is 0 Å². The second-order valence-corrected chi connectivity index (χ2v) is 5.54. The summed E-state index contributed by atoms with van der Waals surface area (Å²) in [6.07, 6.45) is 0. The number of ether oxygens (including phenoxy) is 1. The molecule has 114 valence electrons. The number of aromatic amines is 1. The first-order chi connectivity index (χ1) is 10.1. The lowest BCUT2D eigenvalue weighted by molar-refractivity contribution is 0.295. The maximum Gasteiger partial charge on any atom is 0.132 e. The van der Waals surface area contributed by atoms with Crippen LogP contribution in [0, 0.1) is 6.92 Å². The van der Waals surface area contributed by atoms with Crippen molar-refractivity contribution in [2.24, 2.45) is 0 Å². The number of aryl methyl sites for hydroxylation is 1. The fourth-order valence-corrected chi connectivity index (χ4v) is 2.34. The van der Waals surface area contributed by atoms with Crippen molar-refractivity contribution < 1.29 is 4.74 Å². The summed E-state index contributed by atoms with van der Waals surface area (Å²) in [6.45, 7) is 10.8. The van der Waals surface area contributed by atoms with Crippen LogP contribution in [0.1, 0.15) is 49.2 Å². The maximum absolute atomic E-state index is 6.01. The molecule has 21 heavy (non-hydrogen) atoms. The van der Waals surface area contributed by atoms with Gasteiger partial charge in [-0.25, -0.2) is 0 Å². The van der Waals surface area contributed by atoms with Crippen molar-refractivity contribution in [1.29, 1.82) is 0 Å². The van der Waals surface area contributed by atoms with E-state index in [1.807, 2.05) is 19.1 Å². The second kappa shape index (κ2) is 7.27. The first-order valence-corrected chi connectivity index (χ1v) is 7.58. The predicted octanol–water partition coefficient (Wildman–Crippen LogP) is 3.53. The molecule has 0 bridgehead atoms. The van der Waals surface area contributed by atoms with E-state index in [1.54, 1.807) is 0 Å². The average Bonchev–Trinajstić information content (AvgIpc) is 2.83. The van der Waals surface area contributed by atoms with E-state index in [-0.39, 0.29) is 0 Å². The number of H-pyrrole nitrogens is 1. The molecule has 2 N–H and O–H groups in total. The molecule has 0 saturated heterocycles. The molecule has 0 aliphatic carbocycles. The fraction of sp³-hybridized carbons (Fsp3) is 0.471. The molecule has 1 aromatic carbocycles. The molecular formula is C17H25N3O. The summed E-state index contributed by atoms with van der Waals surface area (Å²) in [5, 5.41) is 10.8. The van der Waals surface area contributed by atoms with Crippen LogP contribution in [-0.2, 0) is 13.2 Å². The third-order valence-electron chi connectivity index (χ3n) is 3.62. The lowest BCUT2D eigenvalue weighted by Gasteiger charge is -2.13. The average molecular weight is 287 g/mol. The largest absolute Gasteiger partial charge is 0.487 e. The Morgan fingerprint density at radius 2 is 2.05 bits per heavy atom. The van der Waals surface area contributed by atoms with Crippen LogP contribution in [0.25, 0.3) is 0 Å². The topological polar surface area (TPSA) is 49.9 Å². The number of aromatic nitrogens is 2. The molecule has 0 fully saturated rings. The van der Waals surface area contributed by atoms with Crippen molar-refractivity contribution in [3.63, 3.8) is 0 Å². The first kappa shape index (κ1) is 15.6. The minimum absolute atomic E-state index is 0.448. The van der Waals surface area contributed by atoms with Gasteiger partial charge in [0.25, 0.3) is 0 Å². The van der Waals surface area contributed by atoms with Gasteiger partial charge in [-0.3, -0.25) is 5.10 Å². The molecule has 0 aliphatic rings. The van der Waals surface area contributed by atoms with Crippen molar-refractivity contribution >= 4 is 0 Å². The Morgan fingerprint density at radius 3 is 2.76 bits per heavy atom. The number of hydrogen-bond donors (Lipinski definition) is 2. The van der Waals surface area contributed by atoms with Gasteiger partial charge >= 0.3 is 0 Å². The molecule has 0 atom stereocenters. The van der Waals surface area contributed by atoms with Gasteiger partial charge in [-0.05, 0) is 31.0 Å². The van der Waals surface area contributed by atoms with Gasteiger partial charge in [-0.1, -0.05) is 39.0 Å². The molecule has 0 unspecified atom stereocenters. The minimum atomic E-state index is 0.448. The summed E-state index contributed by atoms with van der Waals surface area (Å²) in [5.74, 6) is 1.39. The third-order valence-corrected chi connectivity index (χ3v) is 3.62. The summed E-state index contributed by atoms with van der Waals surface area (Å²) < 4.78 is 6.01. The molecule has 2 aromatic rings. The van der Waals surface area contributed by atoms with E-state index >= 15 is 0 Å². The number of benzene rings is 1. The summed E-state index contributed by atoms with van der Waals surface area (Å²) >= 11 is 0. The molecule has 0 radical (unpaired) electrons. The summed E-state index contributed by atoms with van der Waals surface area (Å²) in [7, 11) is 0. The number of rotatable bonds is 7. The van der Waals surface area contributed by atoms with E-state index in [4.69, 9.17) is 4.74 Å². The highest BCUT2D eigenvalue weighted by molar-refractivity contribution is 5.36. The number of nitrogens with zero attached hydrogens (tertiary/aromatic N) is 1. The minimum Gasteiger partial charge on any atom is -0.487 e. The Balaban J connectivity index is 2.10. The summed E-state index contributed by atoms with van der Waals surface area (Å²) in [4.78, 5) is 0. The quantitative estimate of drug-likeness (QED) is 0.819.